The molecule has 0 aromatic heterocycles. The molecule has 1 N–H and O–H groups in total. The summed E-state index contributed by atoms with van der Waals surface area (Å²) >= 11 is 0. The first-order chi connectivity index (χ1) is 4.45. The van der Waals surface area contributed by atoms with Crippen molar-refractivity contribution in [1.29, 1.82) is 0 Å². The third-order valence-corrected chi connectivity index (χ3v) is 0.856. The van der Waals surface area contributed by atoms with E-state index in [1.54, 1.807) is 0 Å². The Labute approximate surface area is 62.2 Å². The Morgan fingerprint density at radius 2 is 1.90 bits per heavy atom. The second-order valence-electron chi connectivity index (χ2n) is 3.28. The van der Waals surface area contributed by atoms with E-state index in [0.717, 1.165) is 0 Å². The molecule has 0 aliphatic heterocycles. The van der Waals surface area contributed by atoms with Gasteiger partial charge in [0.25, 0.3) is 0 Å². The summed E-state index contributed by atoms with van der Waals surface area (Å²) in [5, 5.41) is 16.6. The summed E-state index contributed by atoms with van der Waals surface area (Å²) in [6, 6.07) is 0. The van der Waals surface area contributed by atoms with Crippen LogP contribution in [0.1, 0.15) is 34.1 Å². The number of azo groups is 1. The summed E-state index contributed by atoms with van der Waals surface area (Å²) in [7, 11) is 0. The van der Waals surface area contributed by atoms with Gasteiger partial charge in [0.15, 0.2) is 6.23 Å². The Morgan fingerprint density at radius 1 is 1.40 bits per heavy atom. The van der Waals surface area contributed by atoms with Gasteiger partial charge in [0.2, 0.25) is 0 Å². The predicted octanol–water partition coefficient (Wildman–Crippen LogP) is 1.97. The predicted molar refractivity (Wildman–Crippen MR) is 40.9 cm³/mol. The van der Waals surface area contributed by atoms with E-state index in [0.29, 0.717) is 6.42 Å². The van der Waals surface area contributed by atoms with Gasteiger partial charge >= 0.3 is 0 Å². The third-order valence-electron chi connectivity index (χ3n) is 0.856. The van der Waals surface area contributed by atoms with Gasteiger partial charge in [0.1, 0.15) is 0 Å². The lowest BCUT2D eigenvalue weighted by atomic mass is 10.1. The number of hydrogen-bond donors (Lipinski definition) is 1. The first-order valence-electron chi connectivity index (χ1n) is 3.56. The van der Waals surface area contributed by atoms with Crippen molar-refractivity contribution < 1.29 is 5.11 Å². The fraction of sp³-hybridized carbons (Fsp3) is 1.00. The molecular weight excluding hydrogens is 128 g/mol. The maximum Gasteiger partial charge on any atom is 0.165 e. The maximum absolute atomic E-state index is 8.96. The van der Waals surface area contributed by atoms with E-state index in [9.17, 15) is 0 Å². The summed E-state index contributed by atoms with van der Waals surface area (Å²) < 4.78 is 0. The molecule has 0 radical (unpaired) electrons. The van der Waals surface area contributed by atoms with E-state index in [1.807, 2.05) is 27.7 Å². The number of hydrogen-bond acceptors (Lipinski definition) is 3. The zero-order chi connectivity index (χ0) is 8.20. The van der Waals surface area contributed by atoms with E-state index < -0.39 is 6.23 Å². The van der Waals surface area contributed by atoms with Crippen LogP contribution in [-0.2, 0) is 0 Å². The highest BCUT2D eigenvalue weighted by Crippen LogP contribution is 2.08. The Hall–Kier alpha value is -0.440. The van der Waals surface area contributed by atoms with Crippen molar-refractivity contribution in [3.8, 4) is 0 Å². The Kier molecular flexibility index (Phi) is 3.50. The molecule has 0 spiro atoms. The molecule has 0 fully saturated rings. The van der Waals surface area contributed by atoms with Gasteiger partial charge in [-0.15, -0.1) is 0 Å². The van der Waals surface area contributed by atoms with Crippen molar-refractivity contribution >= 4 is 0 Å². The van der Waals surface area contributed by atoms with Gasteiger partial charge < -0.3 is 5.11 Å². The molecule has 0 saturated heterocycles. The average molecular weight is 144 g/mol. The molecule has 0 amide bonds. The van der Waals surface area contributed by atoms with Crippen LogP contribution in [0.3, 0.4) is 0 Å². The van der Waals surface area contributed by atoms with Crippen LogP contribution < -0.4 is 0 Å². The van der Waals surface area contributed by atoms with Crippen molar-refractivity contribution in [1.82, 2.24) is 0 Å². The molecule has 3 nitrogen and oxygen atoms in total. The largest absolute Gasteiger partial charge is 0.370 e. The highest BCUT2D eigenvalue weighted by Gasteiger charge is 2.07. The van der Waals surface area contributed by atoms with Crippen LogP contribution in [-0.4, -0.2) is 16.9 Å². The minimum absolute atomic E-state index is 0.170. The molecule has 0 bridgehead atoms. The highest BCUT2D eigenvalue weighted by molar-refractivity contribution is 4.67. The molecule has 0 saturated carbocycles. The maximum atomic E-state index is 8.96. The van der Waals surface area contributed by atoms with E-state index in [1.165, 1.54) is 0 Å². The van der Waals surface area contributed by atoms with Crippen LogP contribution in [0.15, 0.2) is 10.2 Å². The Balaban J connectivity index is 3.75. The normalized spacial score (nSPS) is 16.1. The van der Waals surface area contributed by atoms with Gasteiger partial charge in [0.05, 0.1) is 5.54 Å². The van der Waals surface area contributed by atoms with Crippen LogP contribution >= 0.6 is 0 Å². The first kappa shape index (κ1) is 9.56. The first-order valence-corrected chi connectivity index (χ1v) is 3.56. The van der Waals surface area contributed by atoms with Gasteiger partial charge in [-0.25, -0.2) is 0 Å². The minimum Gasteiger partial charge on any atom is -0.370 e. The summed E-state index contributed by atoms with van der Waals surface area (Å²) in [5.74, 6) is 0. The Morgan fingerprint density at radius 3 is 2.20 bits per heavy atom. The number of aliphatic hydroxyl groups is 1. The van der Waals surface area contributed by atoms with E-state index >= 15 is 0 Å². The van der Waals surface area contributed by atoms with Gasteiger partial charge in [-0.2, -0.15) is 10.2 Å². The number of rotatable bonds is 2. The van der Waals surface area contributed by atoms with Crippen LogP contribution in [0.25, 0.3) is 0 Å². The fourth-order valence-electron chi connectivity index (χ4n) is 0.321. The second kappa shape index (κ2) is 3.66. The lowest BCUT2D eigenvalue weighted by molar-refractivity contribution is 0.167. The lowest BCUT2D eigenvalue weighted by Crippen LogP contribution is -2.10. The van der Waals surface area contributed by atoms with Crippen molar-refractivity contribution in [2.75, 3.05) is 0 Å². The molecule has 0 heterocycles. The van der Waals surface area contributed by atoms with E-state index in [4.69, 9.17) is 5.11 Å². The van der Waals surface area contributed by atoms with Gasteiger partial charge in [-0.05, 0) is 27.2 Å². The van der Waals surface area contributed by atoms with Crippen molar-refractivity contribution in [2.24, 2.45) is 10.2 Å². The second-order valence-corrected chi connectivity index (χ2v) is 3.28. The summed E-state index contributed by atoms with van der Waals surface area (Å²) in [6.07, 6.45) is -0.00113. The molecule has 0 aliphatic rings. The molecule has 10 heavy (non-hydrogen) atoms. The van der Waals surface area contributed by atoms with E-state index in [2.05, 4.69) is 10.2 Å². The standard InChI is InChI=1S/C7H16N2O/c1-5-6(10)8-9-7(2,3)4/h6,10H,5H2,1-4H3. The molecule has 3 heteroatoms. The van der Waals surface area contributed by atoms with Crippen molar-refractivity contribution in [3.05, 3.63) is 0 Å². The third kappa shape index (κ3) is 5.69. The summed E-state index contributed by atoms with van der Waals surface area (Å²) in [6.45, 7) is 7.70. The SMILES string of the molecule is CCC(O)N=NC(C)(C)C. The smallest absolute Gasteiger partial charge is 0.165 e. The molecule has 0 aromatic rings. The fourth-order valence-corrected chi connectivity index (χ4v) is 0.321. The van der Waals surface area contributed by atoms with Gasteiger partial charge in [-0.3, -0.25) is 0 Å². The summed E-state index contributed by atoms with van der Waals surface area (Å²) in [4.78, 5) is 0. The van der Waals surface area contributed by atoms with Crippen molar-refractivity contribution in [3.63, 3.8) is 0 Å². The monoisotopic (exact) mass is 144 g/mol. The minimum atomic E-state index is -0.626. The molecule has 1 atom stereocenters. The molecule has 60 valence electrons. The quantitative estimate of drug-likeness (QED) is 0.591. The van der Waals surface area contributed by atoms with Crippen LogP contribution in [0.4, 0.5) is 0 Å². The molecule has 0 aromatic carbocycles. The summed E-state index contributed by atoms with van der Waals surface area (Å²) in [5.41, 5.74) is -0.170. The zero-order valence-electron chi connectivity index (χ0n) is 7.13. The number of nitrogens with zero attached hydrogens (tertiary/aromatic N) is 2. The van der Waals surface area contributed by atoms with Gasteiger partial charge in [0, 0.05) is 0 Å². The van der Waals surface area contributed by atoms with Gasteiger partial charge in [-0.1, -0.05) is 6.92 Å². The molecular formula is C7H16N2O. The van der Waals surface area contributed by atoms with Crippen LogP contribution in [0, 0.1) is 0 Å². The van der Waals surface area contributed by atoms with Crippen molar-refractivity contribution in [2.45, 2.75) is 45.9 Å². The molecule has 1 unspecified atom stereocenters. The topological polar surface area (TPSA) is 45.0 Å². The zero-order valence-corrected chi connectivity index (χ0v) is 7.13. The van der Waals surface area contributed by atoms with Crippen LogP contribution in [0.5, 0.6) is 0 Å². The molecule has 0 rings (SSSR count). The average Bonchev–Trinajstić information content (AvgIpc) is 1.81. The van der Waals surface area contributed by atoms with Crippen LogP contribution in [0.2, 0.25) is 0 Å². The Bertz CT molecular complexity index is 115. The number of aliphatic hydroxyl groups excluding tert-OH is 1. The van der Waals surface area contributed by atoms with E-state index in [-0.39, 0.29) is 5.54 Å². The lowest BCUT2D eigenvalue weighted by Gasteiger charge is -2.10. The molecule has 0 aliphatic carbocycles. The highest BCUT2D eigenvalue weighted by atomic mass is 16.3.